The number of fused-ring (bicyclic) bond motifs is 1. The first-order valence-electron chi connectivity index (χ1n) is 7.09. The number of nitrogens with zero attached hydrogens (tertiary/aromatic N) is 2. The van der Waals surface area contributed by atoms with Gasteiger partial charge in [-0.15, -0.1) is 11.3 Å². The maximum Gasteiger partial charge on any atom is 0.194 e. The molecule has 0 amide bonds. The molecule has 0 aliphatic rings. The maximum absolute atomic E-state index is 11.5. The molecule has 0 saturated carbocycles. The average Bonchev–Trinajstić information content (AvgIpc) is 3.09. The van der Waals surface area contributed by atoms with E-state index < -0.39 is 0 Å². The summed E-state index contributed by atoms with van der Waals surface area (Å²) in [6.45, 7) is 4.97. The number of rotatable bonds is 6. The Kier molecular flexibility index (Phi) is 4.11. The smallest absolute Gasteiger partial charge is 0.194 e. The van der Waals surface area contributed by atoms with Crippen LogP contribution in [-0.2, 0) is 0 Å². The third-order valence-electron chi connectivity index (χ3n) is 3.23. The van der Waals surface area contributed by atoms with Crippen molar-refractivity contribution in [1.29, 1.82) is 0 Å². The summed E-state index contributed by atoms with van der Waals surface area (Å²) in [7, 11) is 0. The summed E-state index contributed by atoms with van der Waals surface area (Å²) < 4.78 is 13.0. The van der Waals surface area contributed by atoms with Crippen LogP contribution in [0.4, 0.5) is 0 Å². The van der Waals surface area contributed by atoms with E-state index in [0.29, 0.717) is 30.4 Å². The van der Waals surface area contributed by atoms with Crippen molar-refractivity contribution in [2.75, 3.05) is 13.2 Å². The van der Waals surface area contributed by atoms with Crippen LogP contribution in [0.5, 0.6) is 11.5 Å². The first-order valence-corrected chi connectivity index (χ1v) is 7.97. The molecule has 0 atom stereocenters. The first-order chi connectivity index (χ1) is 10.8. The zero-order valence-electron chi connectivity index (χ0n) is 12.4. The fourth-order valence-electron chi connectivity index (χ4n) is 2.35. The Balaban J connectivity index is 2.20. The largest absolute Gasteiger partial charge is 0.494 e. The second kappa shape index (κ2) is 6.19. The second-order valence-electron chi connectivity index (χ2n) is 4.54. The number of hydrogen-bond acceptors (Lipinski definition) is 5. The third-order valence-corrected chi connectivity index (χ3v) is 3.98. The molecule has 0 saturated heterocycles. The molecule has 0 radical (unpaired) electrons. The van der Waals surface area contributed by atoms with Gasteiger partial charge in [-0.3, -0.25) is 9.20 Å². The van der Waals surface area contributed by atoms with Gasteiger partial charge in [0.2, 0.25) is 0 Å². The number of hydrogen-bond donors (Lipinski definition) is 0. The molecular weight excluding hydrogens is 300 g/mol. The Morgan fingerprint density at radius 2 is 2.09 bits per heavy atom. The van der Waals surface area contributed by atoms with E-state index in [1.165, 1.54) is 11.3 Å². The zero-order valence-corrected chi connectivity index (χ0v) is 13.2. The number of thiazole rings is 1. The van der Waals surface area contributed by atoms with Crippen LogP contribution in [0.15, 0.2) is 29.8 Å². The van der Waals surface area contributed by atoms with Gasteiger partial charge in [0.1, 0.15) is 22.9 Å². The molecule has 2 heterocycles. The minimum atomic E-state index is 0.519. The minimum absolute atomic E-state index is 0.519. The monoisotopic (exact) mass is 316 g/mol. The Morgan fingerprint density at radius 1 is 1.27 bits per heavy atom. The molecule has 0 N–H and O–H groups in total. The second-order valence-corrected chi connectivity index (χ2v) is 5.42. The highest BCUT2D eigenvalue weighted by Gasteiger charge is 2.18. The van der Waals surface area contributed by atoms with Crippen molar-refractivity contribution in [2.45, 2.75) is 13.8 Å². The number of carbonyl (C=O) groups is 1. The highest BCUT2D eigenvalue weighted by atomic mass is 32.1. The van der Waals surface area contributed by atoms with Crippen molar-refractivity contribution >= 4 is 22.6 Å². The van der Waals surface area contributed by atoms with Crippen molar-refractivity contribution in [3.05, 3.63) is 35.5 Å². The van der Waals surface area contributed by atoms with E-state index in [1.807, 2.05) is 43.6 Å². The third kappa shape index (κ3) is 2.46. The fraction of sp³-hybridized carbons (Fsp3) is 0.250. The molecule has 3 rings (SSSR count). The Hall–Kier alpha value is -2.34. The molecule has 22 heavy (non-hydrogen) atoms. The molecule has 5 nitrogen and oxygen atoms in total. The topological polar surface area (TPSA) is 52.8 Å². The van der Waals surface area contributed by atoms with Crippen LogP contribution >= 0.6 is 11.3 Å². The number of aldehydes is 1. The van der Waals surface area contributed by atoms with Gasteiger partial charge in [0.05, 0.1) is 13.2 Å². The Bertz CT molecular complexity index is 807. The molecular formula is C16H16N2O3S. The molecule has 0 unspecified atom stereocenters. The lowest BCUT2D eigenvalue weighted by Gasteiger charge is -2.11. The van der Waals surface area contributed by atoms with E-state index in [0.717, 1.165) is 22.6 Å². The molecule has 1 aromatic carbocycles. The number of aromatic nitrogens is 2. The highest BCUT2D eigenvalue weighted by molar-refractivity contribution is 7.15. The van der Waals surface area contributed by atoms with Gasteiger partial charge in [0.25, 0.3) is 0 Å². The molecule has 3 aromatic rings. The summed E-state index contributed by atoms with van der Waals surface area (Å²) in [6.07, 6.45) is 2.66. The zero-order chi connectivity index (χ0) is 15.5. The highest BCUT2D eigenvalue weighted by Crippen LogP contribution is 2.35. The predicted molar refractivity (Wildman–Crippen MR) is 86.2 cm³/mol. The standard InChI is InChI=1S/C16H16N2O3S/c1-3-20-11-5-6-14(21-4-2)12(9-11)15-13(10-19)18-7-8-22-16(18)17-15/h5-10H,3-4H2,1-2H3. The molecule has 0 fully saturated rings. The van der Waals surface area contributed by atoms with Gasteiger partial charge in [0, 0.05) is 17.1 Å². The number of benzene rings is 1. The van der Waals surface area contributed by atoms with Gasteiger partial charge in [-0.05, 0) is 32.0 Å². The molecule has 0 aliphatic carbocycles. The van der Waals surface area contributed by atoms with Crippen molar-refractivity contribution in [2.24, 2.45) is 0 Å². The number of imidazole rings is 1. The molecule has 0 aliphatic heterocycles. The van der Waals surface area contributed by atoms with Crippen LogP contribution < -0.4 is 9.47 Å². The maximum atomic E-state index is 11.5. The molecule has 2 aromatic heterocycles. The summed E-state index contributed by atoms with van der Waals surface area (Å²) in [5, 5.41) is 1.90. The van der Waals surface area contributed by atoms with Gasteiger partial charge in [-0.1, -0.05) is 0 Å². The van der Waals surface area contributed by atoms with Gasteiger partial charge >= 0.3 is 0 Å². The van der Waals surface area contributed by atoms with E-state index in [1.54, 1.807) is 4.40 Å². The lowest BCUT2D eigenvalue weighted by Crippen LogP contribution is -1.98. The minimum Gasteiger partial charge on any atom is -0.494 e. The summed E-state index contributed by atoms with van der Waals surface area (Å²) in [5.41, 5.74) is 1.91. The van der Waals surface area contributed by atoms with E-state index in [2.05, 4.69) is 4.98 Å². The Labute approximate surface area is 132 Å². The van der Waals surface area contributed by atoms with Gasteiger partial charge in [0.15, 0.2) is 11.2 Å². The van der Waals surface area contributed by atoms with Crippen molar-refractivity contribution < 1.29 is 14.3 Å². The summed E-state index contributed by atoms with van der Waals surface area (Å²) in [5.74, 6) is 1.42. The SMILES string of the molecule is CCOc1ccc(OCC)c(-c2nc3sccn3c2C=O)c1. The van der Waals surface area contributed by atoms with E-state index in [9.17, 15) is 4.79 Å². The van der Waals surface area contributed by atoms with Crippen LogP contribution in [0.2, 0.25) is 0 Å². The van der Waals surface area contributed by atoms with Gasteiger partial charge in [-0.2, -0.15) is 0 Å². The predicted octanol–water partition coefficient (Wildman–Crippen LogP) is 3.67. The van der Waals surface area contributed by atoms with Crippen LogP contribution in [0.3, 0.4) is 0 Å². The Morgan fingerprint density at radius 3 is 2.82 bits per heavy atom. The van der Waals surface area contributed by atoms with Crippen LogP contribution in [0.25, 0.3) is 16.2 Å². The number of ether oxygens (including phenoxy) is 2. The average molecular weight is 316 g/mol. The molecule has 0 bridgehead atoms. The lowest BCUT2D eigenvalue weighted by molar-refractivity contribution is 0.111. The lowest BCUT2D eigenvalue weighted by atomic mass is 10.1. The van der Waals surface area contributed by atoms with Crippen molar-refractivity contribution in [1.82, 2.24) is 9.38 Å². The van der Waals surface area contributed by atoms with Crippen LogP contribution in [-0.4, -0.2) is 28.9 Å². The summed E-state index contributed by atoms with van der Waals surface area (Å²) in [4.78, 5) is 16.9. The van der Waals surface area contributed by atoms with Crippen LogP contribution in [0, 0.1) is 0 Å². The summed E-state index contributed by atoms with van der Waals surface area (Å²) in [6, 6.07) is 5.58. The molecule has 6 heteroatoms. The summed E-state index contributed by atoms with van der Waals surface area (Å²) >= 11 is 1.49. The quantitative estimate of drug-likeness (QED) is 0.651. The molecule has 0 spiro atoms. The first kappa shape index (κ1) is 14.6. The van der Waals surface area contributed by atoms with Gasteiger partial charge < -0.3 is 9.47 Å². The van der Waals surface area contributed by atoms with E-state index >= 15 is 0 Å². The van der Waals surface area contributed by atoms with E-state index in [-0.39, 0.29) is 0 Å². The fourth-order valence-corrected chi connectivity index (χ4v) is 3.07. The normalized spacial score (nSPS) is 10.8. The number of carbonyl (C=O) groups excluding carboxylic acids is 1. The van der Waals surface area contributed by atoms with Crippen molar-refractivity contribution in [3.63, 3.8) is 0 Å². The van der Waals surface area contributed by atoms with Crippen LogP contribution in [0.1, 0.15) is 24.3 Å². The van der Waals surface area contributed by atoms with Crippen molar-refractivity contribution in [3.8, 4) is 22.8 Å². The van der Waals surface area contributed by atoms with Gasteiger partial charge in [-0.25, -0.2) is 4.98 Å². The molecule has 114 valence electrons. The van der Waals surface area contributed by atoms with E-state index in [4.69, 9.17) is 9.47 Å².